The molecule has 0 amide bonds. The summed E-state index contributed by atoms with van der Waals surface area (Å²) < 4.78 is 0. The van der Waals surface area contributed by atoms with Gasteiger partial charge in [-0.25, -0.2) is 4.98 Å². The maximum atomic E-state index is 5.17. The first kappa shape index (κ1) is 34.4. The topological polar surface area (TPSA) is 37.6 Å². The molecule has 3 heteroatoms. The Balaban J connectivity index is 2.16. The number of allylic oxidation sites excluding steroid dienone is 16. The average molecular weight is 586 g/mol. The molecule has 1 aliphatic heterocycles. The number of hydrogen-bond acceptors (Lipinski definition) is 3. The molecular formula is C41H51N3. The van der Waals surface area contributed by atoms with Crippen LogP contribution < -0.4 is 10.6 Å². The van der Waals surface area contributed by atoms with Crippen molar-refractivity contribution >= 4 is 30.2 Å². The first-order valence-corrected chi connectivity index (χ1v) is 16.1. The van der Waals surface area contributed by atoms with E-state index in [1.54, 1.807) is 0 Å². The van der Waals surface area contributed by atoms with Gasteiger partial charge in [-0.2, -0.15) is 0 Å². The highest BCUT2D eigenvalue weighted by Crippen LogP contribution is 2.30. The van der Waals surface area contributed by atoms with Crippen LogP contribution >= 0.6 is 0 Å². The molecule has 3 rings (SSSR count). The summed E-state index contributed by atoms with van der Waals surface area (Å²) >= 11 is 0. The van der Waals surface area contributed by atoms with Crippen molar-refractivity contribution in [1.82, 2.24) is 4.98 Å². The van der Waals surface area contributed by atoms with Crippen LogP contribution in [0, 0.1) is 0 Å². The number of nitrogens with zero attached hydrogens (tertiary/aromatic N) is 3. The summed E-state index contributed by atoms with van der Waals surface area (Å²) in [4.78, 5) is 15.1. The molecule has 2 bridgehead atoms. The van der Waals surface area contributed by atoms with Crippen molar-refractivity contribution in [3.8, 4) is 0 Å². The first-order chi connectivity index (χ1) is 21.2. The van der Waals surface area contributed by atoms with Crippen LogP contribution in [-0.2, 0) is 0 Å². The van der Waals surface area contributed by atoms with Gasteiger partial charge in [-0.15, -0.1) is 0 Å². The van der Waals surface area contributed by atoms with Crippen molar-refractivity contribution < 1.29 is 0 Å². The lowest BCUT2D eigenvalue weighted by atomic mass is 9.91. The van der Waals surface area contributed by atoms with Crippen LogP contribution in [0.3, 0.4) is 0 Å². The first-order valence-electron chi connectivity index (χ1n) is 16.1. The molecule has 1 aromatic heterocycles. The Hall–Kier alpha value is -4.11. The molecule has 3 nitrogen and oxygen atoms in total. The van der Waals surface area contributed by atoms with Gasteiger partial charge in [0.25, 0.3) is 0 Å². The zero-order valence-corrected chi connectivity index (χ0v) is 27.9. The molecule has 2 heterocycles. The summed E-state index contributed by atoms with van der Waals surface area (Å²) in [5, 5.41) is 1.79. The second-order valence-electron chi connectivity index (χ2n) is 11.7. The fourth-order valence-electron chi connectivity index (χ4n) is 5.40. The largest absolute Gasteiger partial charge is 0.265 e. The molecule has 0 saturated heterocycles. The Kier molecular flexibility index (Phi) is 14.0. The van der Waals surface area contributed by atoms with Gasteiger partial charge in [0.15, 0.2) is 0 Å². The van der Waals surface area contributed by atoms with Crippen molar-refractivity contribution in [2.75, 3.05) is 0 Å². The van der Waals surface area contributed by atoms with Gasteiger partial charge in [0.1, 0.15) is 0 Å². The van der Waals surface area contributed by atoms with E-state index in [1.165, 1.54) is 54.5 Å². The molecule has 0 aromatic carbocycles. The van der Waals surface area contributed by atoms with E-state index in [0.29, 0.717) is 0 Å². The van der Waals surface area contributed by atoms with Gasteiger partial charge >= 0.3 is 0 Å². The molecule has 0 N–H and O–H groups in total. The van der Waals surface area contributed by atoms with E-state index in [2.05, 4.69) is 76.6 Å². The Morgan fingerprint density at radius 1 is 0.909 bits per heavy atom. The number of aromatic nitrogens is 1. The third-order valence-electron chi connectivity index (χ3n) is 7.89. The maximum absolute atomic E-state index is 5.17. The highest BCUT2D eigenvalue weighted by Gasteiger charge is 2.14. The van der Waals surface area contributed by atoms with E-state index in [-0.39, 0.29) is 0 Å². The van der Waals surface area contributed by atoms with Crippen LogP contribution in [0.15, 0.2) is 123 Å². The molecule has 0 unspecified atom stereocenters. The standard InChI is InChI=1S/C41H51N3/c1-9-11-15-21-33(7)43-41(32(6)20-18-19-30(3)4)34(8)39-25-24-31(5)40(44-39)29-35(10-2)38-26-27-42-37-23-17-14-12-13-16-22-36(38)28-37/h9-11,15,18-21,24-25,27-29H,3,5,12-14,16-17,22-23,26H2,1-2,4,6-8H3/b11-9-,19-18-,21-15-,32-20+,35-10+,40-29+,41-34?,43-33+. The molecule has 0 saturated carbocycles. The fraction of sp³-hybridized carbons (Fsp3) is 0.341. The van der Waals surface area contributed by atoms with Crippen LogP contribution in [0.2, 0.25) is 0 Å². The molecular weight excluding hydrogens is 534 g/mol. The molecule has 44 heavy (non-hydrogen) atoms. The average Bonchev–Trinajstić information content (AvgIpc) is 3.19. The molecule has 1 aliphatic carbocycles. The molecule has 0 atom stereocenters. The van der Waals surface area contributed by atoms with Gasteiger partial charge in [0.05, 0.1) is 16.7 Å². The fourth-order valence-corrected chi connectivity index (χ4v) is 5.40. The second kappa shape index (κ2) is 17.9. The van der Waals surface area contributed by atoms with E-state index in [4.69, 9.17) is 15.0 Å². The molecule has 0 radical (unpaired) electrons. The zero-order chi connectivity index (χ0) is 31.9. The Labute approximate surface area is 266 Å². The number of rotatable bonds is 9. The molecule has 1 aromatic rings. The molecule has 2 aliphatic rings. The minimum absolute atomic E-state index is 0.831. The van der Waals surface area contributed by atoms with E-state index in [1.807, 2.05) is 57.2 Å². The number of hydrogen-bond donors (Lipinski definition) is 0. The van der Waals surface area contributed by atoms with Crippen molar-refractivity contribution in [1.29, 1.82) is 0 Å². The Bertz CT molecular complexity index is 1620. The highest BCUT2D eigenvalue weighted by atomic mass is 14.8. The summed E-state index contributed by atoms with van der Waals surface area (Å²) in [5.41, 5.74) is 11.0. The smallest absolute Gasteiger partial charge is 0.0712 e. The predicted octanol–water partition coefficient (Wildman–Crippen LogP) is 10.0. The van der Waals surface area contributed by atoms with E-state index in [0.717, 1.165) is 63.7 Å². The summed E-state index contributed by atoms with van der Waals surface area (Å²) in [5.74, 6) is 0. The minimum atomic E-state index is 0.831. The third-order valence-corrected chi connectivity index (χ3v) is 7.89. The van der Waals surface area contributed by atoms with Crippen LogP contribution in [0.1, 0.15) is 98.6 Å². The normalized spacial score (nSPS) is 18.7. The quantitative estimate of drug-likeness (QED) is 0.210. The van der Waals surface area contributed by atoms with Crippen molar-refractivity contribution in [3.05, 3.63) is 129 Å². The summed E-state index contributed by atoms with van der Waals surface area (Å²) in [6.45, 7) is 20.7. The maximum Gasteiger partial charge on any atom is 0.0712 e. The van der Waals surface area contributed by atoms with E-state index >= 15 is 0 Å². The van der Waals surface area contributed by atoms with Crippen LogP contribution in [0.25, 0.3) is 18.2 Å². The summed E-state index contributed by atoms with van der Waals surface area (Å²) in [6, 6.07) is 4.12. The van der Waals surface area contributed by atoms with E-state index in [9.17, 15) is 0 Å². The lowest BCUT2D eigenvalue weighted by molar-refractivity contribution is 0.605. The molecule has 230 valence electrons. The van der Waals surface area contributed by atoms with Gasteiger partial charge in [0.2, 0.25) is 0 Å². The monoisotopic (exact) mass is 585 g/mol. The van der Waals surface area contributed by atoms with Gasteiger partial charge in [-0.05, 0) is 119 Å². The number of pyridine rings is 1. The highest BCUT2D eigenvalue weighted by molar-refractivity contribution is 5.94. The zero-order valence-electron chi connectivity index (χ0n) is 27.9. The van der Waals surface area contributed by atoms with Crippen LogP contribution in [-0.4, -0.2) is 16.9 Å². The summed E-state index contributed by atoms with van der Waals surface area (Å²) in [6.07, 6.45) is 32.4. The Morgan fingerprint density at radius 3 is 2.39 bits per heavy atom. The van der Waals surface area contributed by atoms with Gasteiger partial charge in [0, 0.05) is 29.6 Å². The van der Waals surface area contributed by atoms with Crippen molar-refractivity contribution in [3.63, 3.8) is 0 Å². The Morgan fingerprint density at radius 2 is 1.66 bits per heavy atom. The lowest BCUT2D eigenvalue weighted by Crippen LogP contribution is -2.28. The second-order valence-corrected chi connectivity index (χ2v) is 11.7. The van der Waals surface area contributed by atoms with Gasteiger partial charge in [-0.1, -0.05) is 86.6 Å². The van der Waals surface area contributed by atoms with Crippen molar-refractivity contribution in [2.45, 2.75) is 92.9 Å². The van der Waals surface area contributed by atoms with Crippen molar-refractivity contribution in [2.24, 2.45) is 9.98 Å². The lowest BCUT2D eigenvalue weighted by Gasteiger charge is -2.14. The molecule has 0 spiro atoms. The minimum Gasteiger partial charge on any atom is -0.265 e. The summed E-state index contributed by atoms with van der Waals surface area (Å²) in [7, 11) is 0. The third kappa shape index (κ3) is 10.6. The number of aliphatic imine (C=N–C) groups is 2. The van der Waals surface area contributed by atoms with Gasteiger partial charge in [-0.3, -0.25) is 9.98 Å². The van der Waals surface area contributed by atoms with Crippen LogP contribution in [0.4, 0.5) is 0 Å². The van der Waals surface area contributed by atoms with Crippen LogP contribution in [0.5, 0.6) is 0 Å². The number of fused-ring (bicyclic) bond motifs is 1. The predicted molar refractivity (Wildman–Crippen MR) is 195 cm³/mol. The van der Waals surface area contributed by atoms with Gasteiger partial charge < -0.3 is 0 Å². The molecule has 0 fully saturated rings. The SMILES string of the molecule is C=C(C)/C=C\C=C(/C)C(/N=C(C)/C=C\C=C/C)=C(C)c1ccc(=C)/c(=C\C(=C/C)C2=C3C=C(CCCCCCC3)N=CC2)n1. The van der Waals surface area contributed by atoms with E-state index < -0.39 is 0 Å².